The number of nitrogens with two attached hydrogens (primary N) is 1. The zero-order valence-corrected chi connectivity index (χ0v) is 16.4. The number of para-hydroxylation sites is 1. The maximum absolute atomic E-state index is 13.8. The Hall–Kier alpha value is -3.77. The minimum Gasteiger partial charge on any atom is -0.497 e. The van der Waals surface area contributed by atoms with Gasteiger partial charge in [0.05, 0.1) is 12.0 Å². The molecule has 0 radical (unpaired) electrons. The van der Waals surface area contributed by atoms with Crippen LogP contribution >= 0.6 is 0 Å². The van der Waals surface area contributed by atoms with E-state index in [4.69, 9.17) is 9.88 Å². The third-order valence-corrected chi connectivity index (χ3v) is 5.04. The molecule has 4 aromatic rings. The third kappa shape index (κ3) is 3.99. The molecule has 154 valence electrons. The Morgan fingerprint density at radius 1 is 1.17 bits per heavy atom. The van der Waals surface area contributed by atoms with Crippen LogP contribution in [-0.2, 0) is 10.0 Å². The van der Waals surface area contributed by atoms with Crippen molar-refractivity contribution in [3.63, 3.8) is 0 Å². The van der Waals surface area contributed by atoms with Crippen molar-refractivity contribution in [2.45, 2.75) is 4.90 Å². The van der Waals surface area contributed by atoms with Gasteiger partial charge in [0.2, 0.25) is 16.0 Å². The molecule has 30 heavy (non-hydrogen) atoms. The van der Waals surface area contributed by atoms with Gasteiger partial charge in [-0.1, -0.05) is 6.07 Å². The van der Waals surface area contributed by atoms with Crippen molar-refractivity contribution in [3.05, 3.63) is 54.5 Å². The second kappa shape index (κ2) is 7.57. The number of rotatable bonds is 6. The van der Waals surface area contributed by atoms with Crippen LogP contribution in [0.1, 0.15) is 0 Å². The summed E-state index contributed by atoms with van der Waals surface area (Å²) in [5, 5.41) is 18.4. The molecular formula is C18H16FN7O3S. The summed E-state index contributed by atoms with van der Waals surface area (Å²) in [6.07, 6.45) is 1.49. The van der Waals surface area contributed by atoms with Crippen molar-refractivity contribution in [1.82, 2.24) is 20.2 Å². The first kappa shape index (κ1) is 19.5. The molecule has 2 heterocycles. The molecule has 0 spiro atoms. The van der Waals surface area contributed by atoms with Crippen LogP contribution in [0.15, 0.2) is 53.6 Å². The Bertz CT molecular complexity index is 1340. The van der Waals surface area contributed by atoms with E-state index in [9.17, 15) is 12.8 Å². The quantitative estimate of drug-likeness (QED) is 0.366. The smallest absolute Gasteiger partial charge is 0.238 e. The molecular weight excluding hydrogens is 413 g/mol. The number of primary sulfonamides is 1. The van der Waals surface area contributed by atoms with E-state index < -0.39 is 15.8 Å². The average molecular weight is 429 g/mol. The lowest BCUT2D eigenvalue weighted by molar-refractivity contribution is 0.413. The predicted octanol–water partition coefficient (Wildman–Crippen LogP) is 2.64. The maximum Gasteiger partial charge on any atom is 0.238 e. The molecule has 0 amide bonds. The molecule has 2 aromatic heterocycles. The van der Waals surface area contributed by atoms with E-state index in [1.807, 2.05) is 0 Å². The Morgan fingerprint density at radius 2 is 2.00 bits per heavy atom. The molecule has 0 aliphatic carbocycles. The fourth-order valence-corrected chi connectivity index (χ4v) is 3.34. The molecule has 0 saturated carbocycles. The maximum atomic E-state index is 13.8. The summed E-state index contributed by atoms with van der Waals surface area (Å²) < 4.78 is 42.3. The van der Waals surface area contributed by atoms with Gasteiger partial charge in [-0.05, 0) is 24.3 Å². The minimum absolute atomic E-state index is 0.122. The second-order valence-electron chi connectivity index (χ2n) is 6.19. The third-order valence-electron chi connectivity index (χ3n) is 4.15. The van der Waals surface area contributed by atoms with Gasteiger partial charge in [0.25, 0.3) is 0 Å². The number of anilines is 4. The van der Waals surface area contributed by atoms with Crippen molar-refractivity contribution < 1.29 is 17.5 Å². The van der Waals surface area contributed by atoms with Gasteiger partial charge in [0.15, 0.2) is 5.82 Å². The number of hydrogen-bond acceptors (Lipinski definition) is 8. The molecule has 4 rings (SSSR count). The highest BCUT2D eigenvalue weighted by Gasteiger charge is 2.13. The fourth-order valence-electron chi connectivity index (χ4n) is 2.77. The molecule has 0 aliphatic rings. The minimum atomic E-state index is -3.93. The molecule has 10 nitrogen and oxygen atoms in total. The molecule has 0 bridgehead atoms. The van der Waals surface area contributed by atoms with Crippen LogP contribution in [0.25, 0.3) is 10.9 Å². The lowest BCUT2D eigenvalue weighted by Crippen LogP contribution is -2.12. The van der Waals surface area contributed by atoms with Gasteiger partial charge in [-0.2, -0.15) is 10.1 Å². The van der Waals surface area contributed by atoms with Crippen molar-refractivity contribution in [1.29, 1.82) is 0 Å². The lowest BCUT2D eigenvalue weighted by Gasteiger charge is -2.10. The summed E-state index contributed by atoms with van der Waals surface area (Å²) in [7, 11) is -2.53. The highest BCUT2D eigenvalue weighted by atomic mass is 32.2. The second-order valence-corrected chi connectivity index (χ2v) is 7.75. The van der Waals surface area contributed by atoms with Crippen molar-refractivity contribution in [2.24, 2.45) is 5.14 Å². The average Bonchev–Trinajstić information content (AvgIpc) is 3.11. The van der Waals surface area contributed by atoms with Gasteiger partial charge in [-0.3, -0.25) is 5.10 Å². The van der Waals surface area contributed by atoms with E-state index in [-0.39, 0.29) is 16.4 Å². The van der Waals surface area contributed by atoms with Crippen LogP contribution in [0.5, 0.6) is 5.75 Å². The molecule has 2 aromatic carbocycles. The van der Waals surface area contributed by atoms with E-state index >= 15 is 0 Å². The van der Waals surface area contributed by atoms with E-state index in [1.165, 1.54) is 31.5 Å². The summed E-state index contributed by atoms with van der Waals surface area (Å²) in [4.78, 5) is 8.31. The summed E-state index contributed by atoms with van der Waals surface area (Å²) in [6, 6.07) is 10.5. The summed E-state index contributed by atoms with van der Waals surface area (Å²) in [5.41, 5.74) is 0.641. The number of hydrogen-bond donors (Lipinski definition) is 4. The van der Waals surface area contributed by atoms with Crippen molar-refractivity contribution in [2.75, 3.05) is 17.7 Å². The van der Waals surface area contributed by atoms with Crippen LogP contribution in [0.3, 0.4) is 0 Å². The topological polar surface area (TPSA) is 148 Å². The van der Waals surface area contributed by atoms with E-state index in [1.54, 1.807) is 24.3 Å². The number of H-pyrrole nitrogens is 1. The largest absolute Gasteiger partial charge is 0.497 e. The van der Waals surface area contributed by atoms with Crippen LogP contribution in [-0.4, -0.2) is 35.7 Å². The molecule has 0 atom stereocenters. The van der Waals surface area contributed by atoms with Crippen LogP contribution < -0.4 is 20.5 Å². The first-order chi connectivity index (χ1) is 14.3. The molecule has 0 unspecified atom stereocenters. The van der Waals surface area contributed by atoms with Gasteiger partial charge < -0.3 is 15.4 Å². The summed E-state index contributed by atoms with van der Waals surface area (Å²) in [5.74, 6) is 0.844. The zero-order valence-electron chi connectivity index (χ0n) is 15.5. The van der Waals surface area contributed by atoms with E-state index in [2.05, 4.69) is 30.8 Å². The number of sulfonamides is 1. The summed E-state index contributed by atoms with van der Waals surface area (Å²) >= 11 is 0. The van der Waals surface area contributed by atoms with Crippen LogP contribution in [0.2, 0.25) is 0 Å². The van der Waals surface area contributed by atoms with Crippen LogP contribution in [0.4, 0.5) is 27.7 Å². The standard InChI is InChI=1S/C18H16FN7O3S/c1-29-11-7-10(8-12(9-11)30(20,27)28)22-18-21-6-5-15(24-18)23-17-13-3-2-4-14(19)16(13)25-26-17/h2-9H,1H3,(H2,20,27,28)(H3,21,22,23,24,25,26). The highest BCUT2D eigenvalue weighted by molar-refractivity contribution is 7.89. The number of nitrogens with zero attached hydrogens (tertiary/aromatic N) is 3. The van der Waals surface area contributed by atoms with Crippen molar-refractivity contribution >= 4 is 44.2 Å². The zero-order chi connectivity index (χ0) is 21.3. The lowest BCUT2D eigenvalue weighted by atomic mass is 10.2. The van der Waals surface area contributed by atoms with Crippen molar-refractivity contribution in [3.8, 4) is 5.75 Å². The number of halogens is 1. The number of aromatic nitrogens is 4. The monoisotopic (exact) mass is 429 g/mol. The van der Waals surface area contributed by atoms with Gasteiger partial charge in [0.1, 0.15) is 22.9 Å². The molecule has 0 saturated heterocycles. The number of ether oxygens (including phenoxy) is 1. The number of benzene rings is 2. The van der Waals surface area contributed by atoms with Gasteiger partial charge in [-0.25, -0.2) is 22.9 Å². The SMILES string of the molecule is COc1cc(Nc2nccc(Nc3n[nH]c4c(F)cccc34)n2)cc(S(N)(=O)=O)c1. The Balaban J connectivity index is 1.62. The predicted molar refractivity (Wildman–Crippen MR) is 109 cm³/mol. The fraction of sp³-hybridized carbons (Fsp3) is 0.0556. The number of nitrogens with one attached hydrogen (secondary N) is 3. The number of methoxy groups -OCH3 is 1. The van der Waals surface area contributed by atoms with E-state index in [0.717, 1.165) is 0 Å². The normalized spacial score (nSPS) is 11.4. The number of aromatic amines is 1. The summed E-state index contributed by atoms with van der Waals surface area (Å²) in [6.45, 7) is 0. The van der Waals surface area contributed by atoms with E-state index in [0.29, 0.717) is 28.5 Å². The van der Waals surface area contributed by atoms with Gasteiger partial charge in [-0.15, -0.1) is 0 Å². The first-order valence-electron chi connectivity index (χ1n) is 8.55. The van der Waals surface area contributed by atoms with Gasteiger partial charge >= 0.3 is 0 Å². The highest BCUT2D eigenvalue weighted by Crippen LogP contribution is 2.27. The molecule has 5 N–H and O–H groups in total. The molecule has 0 aliphatic heterocycles. The Kier molecular flexibility index (Phi) is 4.93. The number of fused-ring (bicyclic) bond motifs is 1. The Morgan fingerprint density at radius 3 is 2.77 bits per heavy atom. The molecule has 12 heteroatoms. The first-order valence-corrected chi connectivity index (χ1v) is 10.1. The molecule has 0 fully saturated rings. The van der Waals surface area contributed by atoms with Crippen LogP contribution in [0, 0.1) is 5.82 Å². The van der Waals surface area contributed by atoms with Gasteiger partial charge in [0, 0.05) is 29.4 Å². The Labute approximate surface area is 170 Å².